The van der Waals surface area contributed by atoms with Crippen LogP contribution in [0.5, 0.6) is 0 Å². The molecule has 230 valence electrons. The molecular formula is C26H27F3N6O7S. The number of ether oxygens (including phenoxy) is 2. The predicted molar refractivity (Wildman–Crippen MR) is 143 cm³/mol. The molecule has 43 heavy (non-hydrogen) atoms. The van der Waals surface area contributed by atoms with Gasteiger partial charge in [-0.05, 0) is 42.5 Å². The first-order chi connectivity index (χ1) is 20.2. The Hall–Kier alpha value is -4.67. The summed E-state index contributed by atoms with van der Waals surface area (Å²) in [5.74, 6) is -0.679. The van der Waals surface area contributed by atoms with Gasteiger partial charge in [0.25, 0.3) is 16.3 Å². The lowest BCUT2D eigenvalue weighted by Gasteiger charge is -2.34. The monoisotopic (exact) mass is 624 g/mol. The number of esters is 1. The number of hydrogen-bond donors (Lipinski definition) is 1. The van der Waals surface area contributed by atoms with Crippen LogP contribution in [0.1, 0.15) is 25.1 Å². The van der Waals surface area contributed by atoms with Crippen LogP contribution in [-0.2, 0) is 35.3 Å². The second-order valence-electron chi connectivity index (χ2n) is 9.58. The average molecular weight is 625 g/mol. The van der Waals surface area contributed by atoms with Gasteiger partial charge in [-0.25, -0.2) is 22.6 Å². The van der Waals surface area contributed by atoms with Crippen molar-refractivity contribution in [2.45, 2.75) is 38.1 Å². The van der Waals surface area contributed by atoms with Gasteiger partial charge in [0.05, 0.1) is 22.9 Å². The number of nitrogens with one attached hydrogen (secondary N) is 1. The molecule has 0 bridgehead atoms. The molecular weight excluding hydrogens is 597 g/mol. The summed E-state index contributed by atoms with van der Waals surface area (Å²) in [5.41, 5.74) is 0.621. The Morgan fingerprint density at radius 3 is 2.37 bits per heavy atom. The Morgan fingerprint density at radius 2 is 1.77 bits per heavy atom. The van der Waals surface area contributed by atoms with Crippen LogP contribution >= 0.6 is 0 Å². The van der Waals surface area contributed by atoms with Gasteiger partial charge < -0.3 is 14.3 Å². The summed E-state index contributed by atoms with van der Waals surface area (Å²) in [6.07, 6.45) is -6.81. The van der Waals surface area contributed by atoms with Crippen LogP contribution in [0.2, 0.25) is 0 Å². The minimum absolute atomic E-state index is 0.0976. The highest BCUT2D eigenvalue weighted by Crippen LogP contribution is 2.33. The number of sulfonamides is 1. The molecule has 0 spiro atoms. The van der Waals surface area contributed by atoms with E-state index < -0.39 is 40.2 Å². The number of benzene rings is 2. The third kappa shape index (κ3) is 8.21. The standard InChI is InChI=1S/C26H27F3N6O7S/c1-16-4-6-20(7-5-16)23-12-24(26(27,28)29)30-35(23)21-8-10-22(11-9-21)43(38,39)31-25(37)40-15-19-13-34(14-19)32-33-42-18(3)41-17(2)36/h4-12,18-19H,13-15H2,1-3H3,(H,31,37)/b33-32-. The maximum absolute atomic E-state index is 13.5. The van der Waals surface area contributed by atoms with Gasteiger partial charge >= 0.3 is 18.2 Å². The number of nitrogens with zero attached hydrogens (tertiary/aromatic N) is 5. The minimum Gasteiger partial charge on any atom is -0.448 e. The van der Waals surface area contributed by atoms with E-state index in [4.69, 9.17) is 14.3 Å². The van der Waals surface area contributed by atoms with Crippen LogP contribution in [0.3, 0.4) is 0 Å². The van der Waals surface area contributed by atoms with Crippen molar-refractivity contribution < 1.29 is 45.5 Å². The van der Waals surface area contributed by atoms with E-state index in [-0.39, 0.29) is 28.8 Å². The zero-order valence-electron chi connectivity index (χ0n) is 23.1. The van der Waals surface area contributed by atoms with Gasteiger partial charge in [0.2, 0.25) is 0 Å². The summed E-state index contributed by atoms with van der Waals surface area (Å²) in [4.78, 5) is 27.5. The van der Waals surface area contributed by atoms with Gasteiger partial charge in [-0.15, -0.1) is 0 Å². The lowest BCUT2D eigenvalue weighted by atomic mass is 10.0. The number of rotatable bonds is 10. The average Bonchev–Trinajstić information content (AvgIpc) is 3.35. The van der Waals surface area contributed by atoms with Crippen molar-refractivity contribution in [1.82, 2.24) is 19.5 Å². The normalized spacial score (nSPS) is 14.7. The fourth-order valence-corrected chi connectivity index (χ4v) is 4.81. The fourth-order valence-electron chi connectivity index (χ4n) is 3.92. The number of hydrogen-bond acceptors (Lipinski definition) is 10. The molecule has 2 aromatic carbocycles. The molecule has 2 heterocycles. The zero-order valence-corrected chi connectivity index (χ0v) is 23.9. The van der Waals surface area contributed by atoms with E-state index in [9.17, 15) is 31.2 Å². The number of aromatic nitrogens is 2. The lowest BCUT2D eigenvalue weighted by Crippen LogP contribution is -2.46. The largest absolute Gasteiger partial charge is 0.448 e. The van der Waals surface area contributed by atoms with Crippen molar-refractivity contribution >= 4 is 22.1 Å². The second-order valence-corrected chi connectivity index (χ2v) is 11.3. The summed E-state index contributed by atoms with van der Waals surface area (Å²) >= 11 is 0. The zero-order chi connectivity index (χ0) is 31.4. The molecule has 1 N–H and O–H groups in total. The van der Waals surface area contributed by atoms with Crippen LogP contribution in [0.4, 0.5) is 18.0 Å². The minimum atomic E-state index is -4.69. The SMILES string of the molecule is CC(=O)OC(C)O/N=N\N1CC(COC(=O)NS(=O)(=O)c2ccc(-n3nc(C(F)(F)F)cc3-c3ccc(C)cc3)cc2)C1. The molecule has 1 amide bonds. The van der Waals surface area contributed by atoms with E-state index in [2.05, 4.69) is 15.6 Å². The number of aryl methyl sites for hydroxylation is 1. The van der Waals surface area contributed by atoms with E-state index in [1.807, 2.05) is 6.92 Å². The van der Waals surface area contributed by atoms with Crippen LogP contribution in [-0.4, -0.2) is 61.3 Å². The highest BCUT2D eigenvalue weighted by atomic mass is 32.2. The van der Waals surface area contributed by atoms with Crippen LogP contribution in [0.25, 0.3) is 16.9 Å². The molecule has 1 aliphatic heterocycles. The predicted octanol–water partition coefficient (Wildman–Crippen LogP) is 4.42. The van der Waals surface area contributed by atoms with E-state index >= 15 is 0 Å². The molecule has 13 nitrogen and oxygen atoms in total. The van der Waals surface area contributed by atoms with Gasteiger partial charge in [-0.2, -0.15) is 18.3 Å². The summed E-state index contributed by atoms with van der Waals surface area (Å²) in [6.45, 7) is 5.13. The molecule has 3 aromatic rings. The van der Waals surface area contributed by atoms with Crippen molar-refractivity contribution in [3.8, 4) is 16.9 Å². The topological polar surface area (TPSA) is 154 Å². The first-order valence-corrected chi connectivity index (χ1v) is 14.2. The molecule has 0 aliphatic carbocycles. The number of alkyl halides is 3. The molecule has 4 rings (SSSR count). The molecule has 1 aromatic heterocycles. The lowest BCUT2D eigenvalue weighted by molar-refractivity contribution is -0.175. The molecule has 17 heteroatoms. The Kier molecular flexibility index (Phi) is 9.22. The van der Waals surface area contributed by atoms with Gasteiger partial charge in [-0.3, -0.25) is 9.80 Å². The number of carbonyl (C=O) groups excluding carboxylic acids is 2. The van der Waals surface area contributed by atoms with Gasteiger partial charge in [0.15, 0.2) is 5.69 Å². The van der Waals surface area contributed by atoms with Gasteiger partial charge in [-0.1, -0.05) is 29.8 Å². The molecule has 0 radical (unpaired) electrons. The third-order valence-electron chi connectivity index (χ3n) is 6.03. The van der Waals surface area contributed by atoms with Crippen molar-refractivity contribution in [2.75, 3.05) is 19.7 Å². The Balaban J connectivity index is 1.34. The number of halogens is 3. The van der Waals surface area contributed by atoms with E-state index in [0.717, 1.165) is 28.4 Å². The van der Waals surface area contributed by atoms with Crippen molar-refractivity contribution in [2.24, 2.45) is 16.4 Å². The first-order valence-electron chi connectivity index (χ1n) is 12.7. The quantitative estimate of drug-likeness (QED) is 0.149. The maximum atomic E-state index is 13.5. The smallest absolute Gasteiger partial charge is 0.435 e. The van der Waals surface area contributed by atoms with Crippen LogP contribution < -0.4 is 4.72 Å². The molecule has 1 fully saturated rings. The third-order valence-corrected chi connectivity index (χ3v) is 7.36. The summed E-state index contributed by atoms with van der Waals surface area (Å²) in [5, 5.41) is 12.4. The maximum Gasteiger partial charge on any atom is 0.435 e. The molecule has 1 aliphatic rings. The van der Waals surface area contributed by atoms with Crippen molar-refractivity contribution in [3.05, 3.63) is 65.9 Å². The fraction of sp³-hybridized carbons (Fsp3) is 0.346. The van der Waals surface area contributed by atoms with Crippen molar-refractivity contribution in [1.29, 1.82) is 0 Å². The van der Waals surface area contributed by atoms with E-state index in [1.165, 1.54) is 31.0 Å². The summed E-state index contributed by atoms with van der Waals surface area (Å²) in [7, 11) is -4.35. The van der Waals surface area contributed by atoms with E-state index in [0.29, 0.717) is 18.7 Å². The highest BCUT2D eigenvalue weighted by Gasteiger charge is 2.35. The van der Waals surface area contributed by atoms with Crippen molar-refractivity contribution in [3.63, 3.8) is 0 Å². The van der Waals surface area contributed by atoms with E-state index in [1.54, 1.807) is 29.0 Å². The summed E-state index contributed by atoms with van der Waals surface area (Å²) in [6, 6.07) is 12.6. The van der Waals surface area contributed by atoms with Crippen LogP contribution in [0, 0.1) is 12.8 Å². The Morgan fingerprint density at radius 1 is 1.12 bits per heavy atom. The van der Waals surface area contributed by atoms with Gasteiger partial charge in [0, 0.05) is 43.7 Å². The number of carbonyl (C=O) groups is 2. The molecule has 1 unspecified atom stereocenters. The first kappa shape index (κ1) is 31.3. The summed E-state index contributed by atoms with van der Waals surface area (Å²) < 4.78 is 78.3. The van der Waals surface area contributed by atoms with Crippen LogP contribution in [0.15, 0.2) is 70.0 Å². The second kappa shape index (κ2) is 12.7. The Bertz CT molecular complexity index is 1590. The molecule has 1 saturated heterocycles. The number of amides is 1. The van der Waals surface area contributed by atoms with Gasteiger partial charge in [0.1, 0.15) is 0 Å². The molecule has 0 saturated carbocycles. The Labute approximate surface area is 244 Å². The molecule has 1 atom stereocenters. The highest BCUT2D eigenvalue weighted by molar-refractivity contribution is 7.90.